The van der Waals surface area contributed by atoms with E-state index in [1.54, 1.807) is 20.8 Å². The standard InChI is InChI=1S/C19H21N3O5S2/c1-5-22(6-2)29(25,26)14-9-7-13(8-10-14)17(23)21-18-15(11-20)12(3)16(28-18)19(24)27-4/h7-10H,5-6H2,1-4H3,(H,21,23). The van der Waals surface area contributed by atoms with Gasteiger partial charge in [0.15, 0.2) is 0 Å². The predicted molar refractivity (Wildman–Crippen MR) is 110 cm³/mol. The van der Waals surface area contributed by atoms with Crippen molar-refractivity contribution in [3.63, 3.8) is 0 Å². The summed E-state index contributed by atoms with van der Waals surface area (Å²) >= 11 is 0.952. The molecule has 1 heterocycles. The number of thiophene rings is 1. The first kappa shape index (κ1) is 22.5. The van der Waals surface area contributed by atoms with E-state index in [0.717, 1.165) is 11.3 Å². The average Bonchev–Trinajstić information content (AvgIpc) is 3.03. The highest BCUT2D eigenvalue weighted by Gasteiger charge is 2.24. The highest BCUT2D eigenvalue weighted by Crippen LogP contribution is 2.33. The van der Waals surface area contributed by atoms with Crippen molar-refractivity contribution in [3.05, 3.63) is 45.8 Å². The molecule has 0 spiro atoms. The summed E-state index contributed by atoms with van der Waals surface area (Å²) in [6.07, 6.45) is 0. The number of carbonyl (C=O) groups is 2. The van der Waals surface area contributed by atoms with Gasteiger partial charge in [0.2, 0.25) is 10.0 Å². The van der Waals surface area contributed by atoms with Gasteiger partial charge in [0.25, 0.3) is 5.91 Å². The monoisotopic (exact) mass is 435 g/mol. The van der Waals surface area contributed by atoms with Crippen LogP contribution in [0.3, 0.4) is 0 Å². The van der Waals surface area contributed by atoms with Crippen molar-refractivity contribution in [2.75, 3.05) is 25.5 Å². The van der Waals surface area contributed by atoms with E-state index < -0.39 is 21.9 Å². The smallest absolute Gasteiger partial charge is 0.348 e. The molecule has 0 atom stereocenters. The molecular formula is C19H21N3O5S2. The molecule has 0 saturated heterocycles. The average molecular weight is 436 g/mol. The molecule has 0 saturated carbocycles. The van der Waals surface area contributed by atoms with Gasteiger partial charge in [-0.25, -0.2) is 13.2 Å². The van der Waals surface area contributed by atoms with Gasteiger partial charge in [-0.3, -0.25) is 4.79 Å². The van der Waals surface area contributed by atoms with Gasteiger partial charge in [0, 0.05) is 18.7 Å². The fourth-order valence-electron chi connectivity index (χ4n) is 2.69. The third-order valence-corrected chi connectivity index (χ3v) is 7.57. The maximum Gasteiger partial charge on any atom is 0.348 e. The van der Waals surface area contributed by atoms with E-state index in [1.165, 1.54) is 35.7 Å². The number of methoxy groups -OCH3 is 1. The van der Waals surface area contributed by atoms with E-state index in [2.05, 4.69) is 5.32 Å². The Kier molecular flexibility index (Phi) is 7.13. The maximum absolute atomic E-state index is 12.6. The summed E-state index contributed by atoms with van der Waals surface area (Å²) in [4.78, 5) is 24.7. The highest BCUT2D eigenvalue weighted by atomic mass is 32.2. The van der Waals surface area contributed by atoms with E-state index in [-0.39, 0.29) is 25.9 Å². The zero-order valence-corrected chi connectivity index (χ0v) is 18.1. The fraction of sp³-hybridized carbons (Fsp3) is 0.316. The van der Waals surface area contributed by atoms with Crippen LogP contribution < -0.4 is 5.32 Å². The Morgan fingerprint density at radius 1 is 1.21 bits per heavy atom. The Bertz CT molecular complexity index is 1060. The molecule has 1 N–H and O–H groups in total. The zero-order valence-electron chi connectivity index (χ0n) is 16.5. The number of rotatable bonds is 7. The first-order chi connectivity index (χ1) is 13.7. The normalized spacial score (nSPS) is 11.2. The second-order valence-corrected chi connectivity index (χ2v) is 8.89. The molecule has 0 unspecified atom stereocenters. The molecule has 154 valence electrons. The molecule has 0 bridgehead atoms. The molecular weight excluding hydrogens is 414 g/mol. The SMILES string of the molecule is CCN(CC)S(=O)(=O)c1ccc(C(=O)Nc2sc(C(=O)OC)c(C)c2C#N)cc1. The Labute approximate surface area is 173 Å². The molecule has 2 aromatic rings. The van der Waals surface area contributed by atoms with Crippen molar-refractivity contribution in [2.45, 2.75) is 25.7 Å². The lowest BCUT2D eigenvalue weighted by atomic mass is 10.1. The van der Waals surface area contributed by atoms with Crippen LogP contribution in [0, 0.1) is 18.3 Å². The largest absolute Gasteiger partial charge is 0.465 e. The number of nitriles is 1. The topological polar surface area (TPSA) is 117 Å². The minimum atomic E-state index is -3.62. The van der Waals surface area contributed by atoms with Crippen LogP contribution in [0.5, 0.6) is 0 Å². The molecule has 0 radical (unpaired) electrons. The van der Waals surface area contributed by atoms with Crippen LogP contribution in [0.4, 0.5) is 5.00 Å². The van der Waals surface area contributed by atoms with Gasteiger partial charge >= 0.3 is 5.97 Å². The molecule has 0 aliphatic heterocycles. The molecule has 1 aromatic heterocycles. The number of nitrogens with zero attached hydrogens (tertiary/aromatic N) is 2. The second kappa shape index (κ2) is 9.17. The summed E-state index contributed by atoms with van der Waals surface area (Å²) in [6.45, 7) is 5.79. The van der Waals surface area contributed by atoms with E-state index in [9.17, 15) is 23.3 Å². The molecule has 1 amide bonds. The third kappa shape index (κ3) is 4.48. The van der Waals surface area contributed by atoms with Gasteiger partial charge in [-0.05, 0) is 36.8 Å². The highest BCUT2D eigenvalue weighted by molar-refractivity contribution is 7.89. The fourth-order valence-corrected chi connectivity index (χ4v) is 5.22. The summed E-state index contributed by atoms with van der Waals surface area (Å²) in [5.41, 5.74) is 0.836. The van der Waals surface area contributed by atoms with Crippen molar-refractivity contribution >= 4 is 38.2 Å². The van der Waals surface area contributed by atoms with Gasteiger partial charge in [0.05, 0.1) is 17.6 Å². The molecule has 2 rings (SSSR count). The second-order valence-electron chi connectivity index (χ2n) is 5.93. The number of amides is 1. The summed E-state index contributed by atoms with van der Waals surface area (Å²) < 4.78 is 31.1. The van der Waals surface area contributed by atoms with Crippen LogP contribution in [0.25, 0.3) is 0 Å². The number of carbonyl (C=O) groups excluding carboxylic acids is 2. The lowest BCUT2D eigenvalue weighted by Crippen LogP contribution is -2.30. The number of hydrogen-bond donors (Lipinski definition) is 1. The number of ether oxygens (including phenoxy) is 1. The Balaban J connectivity index is 2.29. The first-order valence-electron chi connectivity index (χ1n) is 8.74. The minimum absolute atomic E-state index is 0.0930. The van der Waals surface area contributed by atoms with Crippen LogP contribution in [0.15, 0.2) is 29.2 Å². The van der Waals surface area contributed by atoms with Crippen LogP contribution in [0.2, 0.25) is 0 Å². The molecule has 0 aliphatic carbocycles. The van der Waals surface area contributed by atoms with Crippen LogP contribution in [-0.4, -0.2) is 44.8 Å². The van der Waals surface area contributed by atoms with Crippen molar-refractivity contribution in [3.8, 4) is 6.07 Å². The molecule has 10 heteroatoms. The molecule has 0 aliphatic rings. The van der Waals surface area contributed by atoms with E-state index in [0.29, 0.717) is 18.7 Å². The first-order valence-corrected chi connectivity index (χ1v) is 11.0. The van der Waals surface area contributed by atoms with Crippen molar-refractivity contribution < 1.29 is 22.7 Å². The molecule has 8 nitrogen and oxygen atoms in total. The minimum Gasteiger partial charge on any atom is -0.465 e. The summed E-state index contributed by atoms with van der Waals surface area (Å²) in [7, 11) is -2.38. The number of benzene rings is 1. The number of sulfonamides is 1. The van der Waals surface area contributed by atoms with E-state index in [1.807, 2.05) is 6.07 Å². The third-order valence-electron chi connectivity index (χ3n) is 4.32. The Morgan fingerprint density at radius 3 is 2.28 bits per heavy atom. The van der Waals surface area contributed by atoms with Crippen molar-refractivity contribution in [1.82, 2.24) is 4.31 Å². The van der Waals surface area contributed by atoms with Gasteiger partial charge in [-0.1, -0.05) is 13.8 Å². The van der Waals surface area contributed by atoms with Crippen LogP contribution >= 0.6 is 11.3 Å². The quantitative estimate of drug-likeness (QED) is 0.668. The van der Waals surface area contributed by atoms with Gasteiger partial charge in [-0.15, -0.1) is 11.3 Å². The summed E-state index contributed by atoms with van der Waals surface area (Å²) in [5.74, 6) is -1.11. The maximum atomic E-state index is 12.6. The van der Waals surface area contributed by atoms with Crippen molar-refractivity contribution in [1.29, 1.82) is 5.26 Å². The summed E-state index contributed by atoms with van der Waals surface area (Å²) in [6, 6.07) is 7.52. The number of anilines is 1. The van der Waals surface area contributed by atoms with Crippen molar-refractivity contribution in [2.24, 2.45) is 0 Å². The lowest BCUT2D eigenvalue weighted by molar-refractivity contribution is 0.0605. The summed E-state index contributed by atoms with van der Waals surface area (Å²) in [5, 5.41) is 12.2. The van der Waals surface area contributed by atoms with Crippen LogP contribution in [0.1, 0.15) is 45.0 Å². The Morgan fingerprint density at radius 2 is 1.79 bits per heavy atom. The molecule has 29 heavy (non-hydrogen) atoms. The number of hydrogen-bond acceptors (Lipinski definition) is 7. The van der Waals surface area contributed by atoms with E-state index in [4.69, 9.17) is 4.74 Å². The lowest BCUT2D eigenvalue weighted by Gasteiger charge is -2.18. The Hall–Kier alpha value is -2.74. The van der Waals surface area contributed by atoms with Gasteiger partial charge in [0.1, 0.15) is 15.9 Å². The van der Waals surface area contributed by atoms with Gasteiger partial charge < -0.3 is 10.1 Å². The zero-order chi connectivity index (χ0) is 21.8. The van der Waals surface area contributed by atoms with Gasteiger partial charge in [-0.2, -0.15) is 9.57 Å². The predicted octanol–water partition coefficient (Wildman–Crippen LogP) is 3.00. The molecule has 1 aromatic carbocycles. The van der Waals surface area contributed by atoms with Crippen LogP contribution in [-0.2, 0) is 14.8 Å². The number of esters is 1. The van der Waals surface area contributed by atoms with E-state index >= 15 is 0 Å². The molecule has 0 fully saturated rings. The number of nitrogens with one attached hydrogen (secondary N) is 1.